The monoisotopic (exact) mass is 216 g/mol. The number of unbranched alkanes of at least 4 members (excludes halogenated alkanes) is 1. The van der Waals surface area contributed by atoms with E-state index in [9.17, 15) is 4.79 Å². The minimum atomic E-state index is -0.319. The Hall–Kier alpha value is -0.410. The molecule has 3 heteroatoms. The molecule has 0 radical (unpaired) electrons. The molecule has 0 heterocycles. The normalized spacial score (nSPS) is 13.9. The van der Waals surface area contributed by atoms with Gasteiger partial charge in [-0.05, 0) is 34.1 Å². The van der Waals surface area contributed by atoms with Gasteiger partial charge in [-0.2, -0.15) is 0 Å². The van der Waals surface area contributed by atoms with E-state index in [1.807, 2.05) is 27.7 Å². The number of Topliss-reactive ketones (excluding diaryl/α,β-unsaturated/α-hetero) is 1. The van der Waals surface area contributed by atoms with Gasteiger partial charge in [-0.15, -0.1) is 0 Å². The molecule has 0 unspecified atom stereocenters. The van der Waals surface area contributed by atoms with Crippen molar-refractivity contribution < 1.29 is 14.6 Å². The third-order valence-corrected chi connectivity index (χ3v) is 1.79. The third kappa shape index (κ3) is 9.88. The number of hydrogen-bond donors (Lipinski definition) is 0. The predicted molar refractivity (Wildman–Crippen MR) is 60.5 cm³/mol. The molecule has 15 heavy (non-hydrogen) atoms. The van der Waals surface area contributed by atoms with Crippen LogP contribution in [0.1, 0.15) is 60.3 Å². The Morgan fingerprint density at radius 1 is 1.33 bits per heavy atom. The Balaban J connectivity index is 3.64. The van der Waals surface area contributed by atoms with E-state index in [1.165, 1.54) is 0 Å². The van der Waals surface area contributed by atoms with E-state index in [1.54, 1.807) is 0 Å². The van der Waals surface area contributed by atoms with Gasteiger partial charge in [0.2, 0.25) is 0 Å². The summed E-state index contributed by atoms with van der Waals surface area (Å²) >= 11 is 0. The smallest absolute Gasteiger partial charge is 0.135 e. The fourth-order valence-corrected chi connectivity index (χ4v) is 1.06. The van der Waals surface area contributed by atoms with E-state index in [0.717, 1.165) is 12.8 Å². The molecule has 0 N–H and O–H groups in total. The largest absolute Gasteiger partial charge is 0.300 e. The van der Waals surface area contributed by atoms with Crippen molar-refractivity contribution in [2.75, 3.05) is 0 Å². The van der Waals surface area contributed by atoms with Crippen LogP contribution >= 0.6 is 0 Å². The second-order valence-electron chi connectivity index (χ2n) is 4.95. The number of carbonyl (C=O) groups is 1. The average molecular weight is 216 g/mol. The van der Waals surface area contributed by atoms with Crippen LogP contribution in [-0.4, -0.2) is 17.5 Å². The maximum absolute atomic E-state index is 11.4. The zero-order valence-corrected chi connectivity index (χ0v) is 10.6. The lowest BCUT2D eigenvalue weighted by molar-refractivity contribution is -0.369. The first kappa shape index (κ1) is 14.6. The summed E-state index contributed by atoms with van der Waals surface area (Å²) in [5, 5.41) is 0. The summed E-state index contributed by atoms with van der Waals surface area (Å²) in [6.45, 7) is 9.68. The molecule has 0 bridgehead atoms. The molecule has 0 aromatic heterocycles. The summed E-state index contributed by atoms with van der Waals surface area (Å²) in [6, 6.07) is 0. The lowest BCUT2D eigenvalue weighted by Crippen LogP contribution is -2.24. The quantitative estimate of drug-likeness (QED) is 0.484. The van der Waals surface area contributed by atoms with Crippen molar-refractivity contribution in [1.29, 1.82) is 0 Å². The van der Waals surface area contributed by atoms with Gasteiger partial charge in [0.15, 0.2) is 0 Å². The molecule has 0 aliphatic carbocycles. The van der Waals surface area contributed by atoms with Crippen LogP contribution in [-0.2, 0) is 14.6 Å². The van der Waals surface area contributed by atoms with Crippen molar-refractivity contribution in [3.8, 4) is 0 Å². The van der Waals surface area contributed by atoms with Gasteiger partial charge >= 0.3 is 0 Å². The number of rotatable bonds is 7. The van der Waals surface area contributed by atoms with Gasteiger partial charge in [-0.1, -0.05) is 13.3 Å². The van der Waals surface area contributed by atoms with E-state index >= 15 is 0 Å². The molecular weight excluding hydrogens is 192 g/mol. The molecule has 90 valence electrons. The molecule has 1 atom stereocenters. The minimum Gasteiger partial charge on any atom is -0.300 e. The molecular formula is C12H24O3. The standard InChI is InChI=1S/C12H24O3/c1-6-7-8-11(13)9-10(2)14-15-12(3,4)5/h10H,6-9H2,1-5H3/t10-/m1/s1. The number of hydrogen-bond acceptors (Lipinski definition) is 3. The highest BCUT2D eigenvalue weighted by Gasteiger charge is 2.16. The molecule has 0 amide bonds. The third-order valence-electron chi connectivity index (χ3n) is 1.79. The Kier molecular flexibility index (Phi) is 6.77. The minimum absolute atomic E-state index is 0.159. The Morgan fingerprint density at radius 2 is 1.93 bits per heavy atom. The van der Waals surface area contributed by atoms with Crippen molar-refractivity contribution in [3.63, 3.8) is 0 Å². The number of ketones is 1. The fourth-order valence-electron chi connectivity index (χ4n) is 1.06. The van der Waals surface area contributed by atoms with Gasteiger partial charge in [0.05, 0.1) is 11.7 Å². The second-order valence-corrected chi connectivity index (χ2v) is 4.95. The Bertz CT molecular complexity index is 182. The van der Waals surface area contributed by atoms with Crippen LogP contribution in [0.15, 0.2) is 0 Å². The molecule has 0 aromatic carbocycles. The van der Waals surface area contributed by atoms with Crippen molar-refractivity contribution >= 4 is 5.78 Å². The molecule has 0 aliphatic heterocycles. The van der Waals surface area contributed by atoms with E-state index in [-0.39, 0.29) is 17.5 Å². The highest BCUT2D eigenvalue weighted by atomic mass is 17.2. The molecule has 0 aromatic rings. The van der Waals surface area contributed by atoms with Gasteiger partial charge in [0, 0.05) is 12.8 Å². The zero-order valence-electron chi connectivity index (χ0n) is 10.6. The van der Waals surface area contributed by atoms with Gasteiger partial charge in [-0.3, -0.25) is 4.79 Å². The van der Waals surface area contributed by atoms with Crippen molar-refractivity contribution in [2.24, 2.45) is 0 Å². The van der Waals surface area contributed by atoms with E-state index in [0.29, 0.717) is 12.8 Å². The second kappa shape index (κ2) is 6.96. The zero-order chi connectivity index (χ0) is 11.9. The first-order chi connectivity index (χ1) is 6.85. The molecule has 0 rings (SSSR count). The van der Waals surface area contributed by atoms with E-state index < -0.39 is 0 Å². The Labute approximate surface area is 93.1 Å². The average Bonchev–Trinajstić information content (AvgIpc) is 2.10. The summed E-state index contributed by atoms with van der Waals surface area (Å²) in [7, 11) is 0. The highest BCUT2D eigenvalue weighted by Crippen LogP contribution is 2.11. The topological polar surface area (TPSA) is 35.5 Å². The summed E-state index contributed by atoms with van der Waals surface area (Å²) in [4.78, 5) is 21.7. The Morgan fingerprint density at radius 3 is 2.40 bits per heavy atom. The van der Waals surface area contributed by atoms with Crippen molar-refractivity contribution in [2.45, 2.75) is 72.0 Å². The van der Waals surface area contributed by atoms with Crippen LogP contribution in [0.2, 0.25) is 0 Å². The van der Waals surface area contributed by atoms with Gasteiger partial charge < -0.3 is 0 Å². The molecule has 0 spiro atoms. The lowest BCUT2D eigenvalue weighted by Gasteiger charge is -2.20. The van der Waals surface area contributed by atoms with Crippen LogP contribution in [0.4, 0.5) is 0 Å². The SMILES string of the molecule is CCCCC(=O)C[C@@H](C)OOC(C)(C)C. The molecule has 0 saturated heterocycles. The maximum Gasteiger partial charge on any atom is 0.135 e. The summed E-state index contributed by atoms with van der Waals surface area (Å²) in [6.07, 6.45) is 2.95. The van der Waals surface area contributed by atoms with Gasteiger partial charge in [0.25, 0.3) is 0 Å². The van der Waals surface area contributed by atoms with Crippen LogP contribution in [0.5, 0.6) is 0 Å². The summed E-state index contributed by atoms with van der Waals surface area (Å²) in [5.74, 6) is 0.252. The van der Waals surface area contributed by atoms with E-state index in [2.05, 4.69) is 6.92 Å². The molecule has 3 nitrogen and oxygen atoms in total. The molecule has 0 fully saturated rings. The van der Waals surface area contributed by atoms with Crippen LogP contribution in [0.3, 0.4) is 0 Å². The van der Waals surface area contributed by atoms with E-state index in [4.69, 9.17) is 9.78 Å². The van der Waals surface area contributed by atoms with Crippen LogP contribution in [0.25, 0.3) is 0 Å². The number of carbonyl (C=O) groups excluding carboxylic acids is 1. The van der Waals surface area contributed by atoms with Crippen molar-refractivity contribution in [3.05, 3.63) is 0 Å². The van der Waals surface area contributed by atoms with Crippen molar-refractivity contribution in [1.82, 2.24) is 0 Å². The fraction of sp³-hybridized carbons (Fsp3) is 0.917. The van der Waals surface area contributed by atoms with Gasteiger partial charge in [-0.25, -0.2) is 9.78 Å². The molecule has 0 saturated carbocycles. The maximum atomic E-state index is 11.4. The van der Waals surface area contributed by atoms with Gasteiger partial charge in [0.1, 0.15) is 5.78 Å². The van der Waals surface area contributed by atoms with Crippen LogP contribution in [0, 0.1) is 0 Å². The first-order valence-electron chi connectivity index (χ1n) is 5.71. The summed E-state index contributed by atoms with van der Waals surface area (Å²) in [5.41, 5.74) is -0.319. The highest BCUT2D eigenvalue weighted by molar-refractivity contribution is 5.78. The predicted octanol–water partition coefficient (Wildman–Crippen LogP) is 3.27. The lowest BCUT2D eigenvalue weighted by atomic mass is 10.1. The summed E-state index contributed by atoms with van der Waals surface area (Å²) < 4.78 is 0. The molecule has 0 aliphatic rings. The van der Waals surface area contributed by atoms with Crippen LogP contribution < -0.4 is 0 Å². The first-order valence-corrected chi connectivity index (χ1v) is 5.71.